The van der Waals surface area contributed by atoms with Crippen molar-refractivity contribution < 1.29 is 18.7 Å². The molecule has 7 heteroatoms. The van der Waals surface area contributed by atoms with Gasteiger partial charge in [0.05, 0.1) is 6.04 Å². The minimum absolute atomic E-state index is 0.0760. The van der Waals surface area contributed by atoms with E-state index in [0.29, 0.717) is 13.2 Å². The second kappa shape index (κ2) is 10.4. The van der Waals surface area contributed by atoms with Gasteiger partial charge in [-0.15, -0.1) is 11.3 Å². The fraction of sp³-hybridized carbons (Fsp3) is 0.333. The van der Waals surface area contributed by atoms with Gasteiger partial charge in [-0.25, -0.2) is 4.39 Å². The first-order valence-corrected chi connectivity index (χ1v) is 12.3. The first-order valence-electron chi connectivity index (χ1n) is 11.5. The minimum Gasteiger partial charge on any atom is -0.491 e. The van der Waals surface area contributed by atoms with Crippen molar-refractivity contribution in [3.63, 3.8) is 0 Å². The largest absolute Gasteiger partial charge is 0.491 e. The molecule has 0 bridgehead atoms. The molecule has 3 aromatic rings. The molecule has 2 aromatic carbocycles. The number of benzene rings is 2. The van der Waals surface area contributed by atoms with Crippen LogP contribution < -0.4 is 4.74 Å². The van der Waals surface area contributed by atoms with E-state index >= 15 is 0 Å². The average molecular weight is 481 g/mol. The van der Waals surface area contributed by atoms with Gasteiger partial charge in [-0.3, -0.25) is 9.59 Å². The number of rotatable bonds is 7. The number of carbonyl (C=O) groups is 2. The summed E-state index contributed by atoms with van der Waals surface area (Å²) in [6.45, 7) is 6.53. The highest BCUT2D eigenvalue weighted by molar-refractivity contribution is 7.10. The topological polar surface area (TPSA) is 49.9 Å². The van der Waals surface area contributed by atoms with Crippen LogP contribution in [0.4, 0.5) is 4.39 Å². The molecule has 0 aliphatic carbocycles. The molecule has 0 saturated carbocycles. The maximum Gasteiger partial charge on any atom is 0.254 e. The van der Waals surface area contributed by atoms with Crippen LogP contribution in [0.1, 0.15) is 46.3 Å². The first kappa shape index (κ1) is 24.0. The zero-order valence-corrected chi connectivity index (χ0v) is 20.5. The quantitative estimate of drug-likeness (QED) is 0.464. The molecule has 1 aliphatic heterocycles. The van der Waals surface area contributed by atoms with Crippen molar-refractivity contribution in [2.24, 2.45) is 0 Å². The third kappa shape index (κ3) is 5.14. The van der Waals surface area contributed by atoms with Crippen LogP contribution in [0.3, 0.4) is 0 Å². The number of ether oxygens (including phenoxy) is 1. The van der Waals surface area contributed by atoms with Gasteiger partial charge in [0.25, 0.3) is 5.91 Å². The van der Waals surface area contributed by atoms with Crippen LogP contribution in [0.25, 0.3) is 0 Å². The maximum absolute atomic E-state index is 13.7. The number of para-hydroxylation sites is 1. The van der Waals surface area contributed by atoms with Gasteiger partial charge >= 0.3 is 0 Å². The van der Waals surface area contributed by atoms with E-state index in [4.69, 9.17) is 4.74 Å². The second-order valence-corrected chi connectivity index (χ2v) is 9.77. The number of carbonyl (C=O) groups excluding carboxylic acids is 2. The molecule has 1 aromatic heterocycles. The third-order valence-corrected chi connectivity index (χ3v) is 7.16. The first-order chi connectivity index (χ1) is 16.3. The van der Waals surface area contributed by atoms with Crippen molar-refractivity contribution in [3.05, 3.63) is 87.4 Å². The standard InChI is InChI=1S/C27H29FN2O3S/c1-18(2)30(27(32)20-8-6-9-21(28)15-20)16-26(31)29-13-11-25-22(12-14-34-25)23(29)17-33-24-10-5-4-7-19(24)3/h4-10,12,14-15,18,23H,11,13,16-17H2,1-3H3/t23-/m0/s1. The predicted octanol–water partition coefficient (Wildman–Crippen LogP) is 5.25. The van der Waals surface area contributed by atoms with Crippen LogP contribution in [-0.4, -0.2) is 47.4 Å². The molecule has 5 nitrogen and oxygen atoms in total. The van der Waals surface area contributed by atoms with E-state index in [0.717, 1.165) is 23.3 Å². The Morgan fingerprint density at radius 2 is 1.97 bits per heavy atom. The number of halogens is 1. The van der Waals surface area contributed by atoms with Crippen molar-refractivity contribution in [1.29, 1.82) is 0 Å². The Labute approximate surface area is 203 Å². The van der Waals surface area contributed by atoms with E-state index in [1.165, 1.54) is 28.0 Å². The molecule has 0 fully saturated rings. The van der Waals surface area contributed by atoms with Crippen LogP contribution >= 0.6 is 11.3 Å². The summed E-state index contributed by atoms with van der Waals surface area (Å²) in [5.74, 6) is -0.185. The number of aryl methyl sites for hydroxylation is 1. The van der Waals surface area contributed by atoms with Gasteiger partial charge in [-0.2, -0.15) is 0 Å². The maximum atomic E-state index is 13.7. The van der Waals surface area contributed by atoms with Crippen molar-refractivity contribution in [2.75, 3.05) is 19.7 Å². The molecule has 4 rings (SSSR count). The number of fused-ring (bicyclic) bond motifs is 1. The van der Waals surface area contributed by atoms with Gasteiger partial charge in [0, 0.05) is 23.0 Å². The third-order valence-electron chi connectivity index (χ3n) is 6.17. The van der Waals surface area contributed by atoms with Gasteiger partial charge < -0.3 is 14.5 Å². The van der Waals surface area contributed by atoms with Gasteiger partial charge in [0.2, 0.25) is 5.91 Å². The fourth-order valence-electron chi connectivity index (χ4n) is 4.27. The lowest BCUT2D eigenvalue weighted by atomic mass is 10.00. The van der Waals surface area contributed by atoms with Crippen molar-refractivity contribution >= 4 is 23.2 Å². The minimum atomic E-state index is -0.477. The Morgan fingerprint density at radius 1 is 1.18 bits per heavy atom. The molecule has 2 heterocycles. The van der Waals surface area contributed by atoms with Crippen LogP contribution in [0, 0.1) is 12.7 Å². The van der Waals surface area contributed by atoms with E-state index < -0.39 is 5.82 Å². The van der Waals surface area contributed by atoms with E-state index in [1.807, 2.05) is 55.3 Å². The predicted molar refractivity (Wildman–Crippen MR) is 132 cm³/mol. The van der Waals surface area contributed by atoms with Crippen molar-refractivity contribution in [1.82, 2.24) is 9.80 Å². The van der Waals surface area contributed by atoms with Crippen LogP contribution in [0.2, 0.25) is 0 Å². The van der Waals surface area contributed by atoms with Crippen LogP contribution in [0.5, 0.6) is 5.75 Å². The molecule has 0 saturated heterocycles. The van der Waals surface area contributed by atoms with E-state index in [1.54, 1.807) is 17.4 Å². The average Bonchev–Trinajstić information content (AvgIpc) is 3.30. The summed E-state index contributed by atoms with van der Waals surface area (Å²) in [4.78, 5) is 31.2. The highest BCUT2D eigenvalue weighted by Crippen LogP contribution is 2.34. The molecule has 34 heavy (non-hydrogen) atoms. The molecule has 0 spiro atoms. The normalized spacial score (nSPS) is 15.2. The second-order valence-electron chi connectivity index (χ2n) is 8.77. The Balaban J connectivity index is 1.54. The fourth-order valence-corrected chi connectivity index (χ4v) is 5.20. The lowest BCUT2D eigenvalue weighted by Crippen LogP contribution is -2.49. The Kier molecular flexibility index (Phi) is 7.32. The number of hydrogen-bond donors (Lipinski definition) is 0. The number of nitrogens with zero attached hydrogens (tertiary/aromatic N) is 2. The lowest BCUT2D eigenvalue weighted by Gasteiger charge is -2.37. The highest BCUT2D eigenvalue weighted by atomic mass is 32.1. The molecular formula is C27H29FN2O3S. The SMILES string of the molecule is Cc1ccccc1OC[C@H]1c2ccsc2CCN1C(=O)CN(C(=O)c1cccc(F)c1)C(C)C. The number of amides is 2. The number of thiophene rings is 1. The summed E-state index contributed by atoms with van der Waals surface area (Å²) in [5, 5.41) is 2.05. The summed E-state index contributed by atoms with van der Waals surface area (Å²) in [6.07, 6.45) is 0.777. The Bertz CT molecular complexity index is 1180. The summed E-state index contributed by atoms with van der Waals surface area (Å²) in [5.41, 5.74) is 2.37. The molecule has 1 aliphatic rings. The van der Waals surface area contributed by atoms with E-state index in [-0.39, 0.29) is 36.0 Å². The Hall–Kier alpha value is -3.19. The summed E-state index contributed by atoms with van der Waals surface area (Å²) in [7, 11) is 0. The molecule has 0 unspecified atom stereocenters. The Morgan fingerprint density at radius 3 is 2.71 bits per heavy atom. The van der Waals surface area contributed by atoms with Gasteiger partial charge in [0.15, 0.2) is 0 Å². The van der Waals surface area contributed by atoms with Gasteiger partial charge in [-0.1, -0.05) is 24.3 Å². The summed E-state index contributed by atoms with van der Waals surface area (Å²) < 4.78 is 19.9. The van der Waals surface area contributed by atoms with Crippen molar-refractivity contribution in [2.45, 2.75) is 39.3 Å². The zero-order valence-electron chi connectivity index (χ0n) is 19.7. The lowest BCUT2D eigenvalue weighted by molar-refractivity contribution is -0.136. The van der Waals surface area contributed by atoms with Gasteiger partial charge in [-0.05, 0) is 74.0 Å². The monoisotopic (exact) mass is 480 g/mol. The molecule has 1 atom stereocenters. The number of hydrogen-bond acceptors (Lipinski definition) is 4. The van der Waals surface area contributed by atoms with Crippen molar-refractivity contribution in [3.8, 4) is 5.75 Å². The zero-order chi connectivity index (χ0) is 24.2. The van der Waals surface area contributed by atoms with Gasteiger partial charge in [0.1, 0.15) is 24.7 Å². The molecule has 178 valence electrons. The van der Waals surface area contributed by atoms with E-state index in [9.17, 15) is 14.0 Å². The van der Waals surface area contributed by atoms with E-state index in [2.05, 4.69) is 6.07 Å². The van der Waals surface area contributed by atoms with Crippen LogP contribution in [-0.2, 0) is 11.2 Å². The summed E-state index contributed by atoms with van der Waals surface area (Å²) in [6, 6.07) is 15.0. The smallest absolute Gasteiger partial charge is 0.254 e. The highest BCUT2D eigenvalue weighted by Gasteiger charge is 2.34. The molecule has 0 radical (unpaired) electrons. The molecule has 0 N–H and O–H groups in total. The van der Waals surface area contributed by atoms with Crippen LogP contribution in [0.15, 0.2) is 60.0 Å². The summed E-state index contributed by atoms with van der Waals surface area (Å²) >= 11 is 1.70. The molecular weight excluding hydrogens is 451 g/mol. The molecule has 2 amide bonds.